The first-order chi connectivity index (χ1) is 16.3. The highest BCUT2D eigenvalue weighted by atomic mass is 32.2. The van der Waals surface area contributed by atoms with Crippen molar-refractivity contribution in [2.75, 3.05) is 26.3 Å². The summed E-state index contributed by atoms with van der Waals surface area (Å²) in [5.74, 6) is 1.48. The van der Waals surface area contributed by atoms with E-state index >= 15 is 0 Å². The number of hydrogen-bond donors (Lipinski definition) is 0. The van der Waals surface area contributed by atoms with Crippen molar-refractivity contribution in [3.63, 3.8) is 0 Å². The zero-order valence-corrected chi connectivity index (χ0v) is 19.6. The fourth-order valence-electron chi connectivity index (χ4n) is 3.65. The van der Waals surface area contributed by atoms with Crippen molar-refractivity contribution in [3.05, 3.63) is 88.1 Å². The number of nitrogens with zero attached hydrogens (tertiary/aromatic N) is 5. The predicted molar refractivity (Wildman–Crippen MR) is 129 cm³/mol. The van der Waals surface area contributed by atoms with Crippen LogP contribution < -0.4 is 0 Å². The molecule has 0 atom stereocenters. The molecule has 0 bridgehead atoms. The number of aromatic nitrogens is 4. The first-order valence-electron chi connectivity index (χ1n) is 10.8. The van der Waals surface area contributed by atoms with E-state index in [1.807, 2.05) is 41.8 Å². The van der Waals surface area contributed by atoms with Gasteiger partial charge in [0.25, 0.3) is 5.91 Å². The molecule has 1 saturated heterocycles. The third-order valence-electron chi connectivity index (χ3n) is 5.31. The Bertz CT molecular complexity index is 1200. The maximum atomic E-state index is 12.7. The highest BCUT2D eigenvalue weighted by molar-refractivity contribution is 7.98. The number of ether oxygens (including phenoxy) is 1. The summed E-state index contributed by atoms with van der Waals surface area (Å²) in [7, 11) is 0. The summed E-state index contributed by atoms with van der Waals surface area (Å²) >= 11 is 3.08. The first kappa shape index (κ1) is 21.8. The van der Waals surface area contributed by atoms with Crippen molar-refractivity contribution in [2.24, 2.45) is 0 Å². The van der Waals surface area contributed by atoms with Gasteiger partial charge < -0.3 is 9.64 Å². The summed E-state index contributed by atoms with van der Waals surface area (Å²) in [5, 5.41) is 12.5. The minimum atomic E-state index is -0.0246. The number of amides is 1. The number of benzene rings is 2. The van der Waals surface area contributed by atoms with Crippen LogP contribution in [0.25, 0.3) is 5.69 Å². The zero-order valence-electron chi connectivity index (χ0n) is 18.0. The van der Waals surface area contributed by atoms with Gasteiger partial charge in [-0.1, -0.05) is 60.3 Å². The molecule has 5 rings (SSSR count). The lowest BCUT2D eigenvalue weighted by atomic mass is 10.1. The maximum absolute atomic E-state index is 12.7. The SMILES string of the molecule is O=C(c1csc(CSc2nnc(Cc3ccccc3)n2-c2ccccc2)n1)N1CCOCC1. The molecule has 9 heteroatoms. The van der Waals surface area contributed by atoms with E-state index in [2.05, 4.69) is 44.0 Å². The predicted octanol–water partition coefficient (Wildman–Crippen LogP) is 4.08. The van der Waals surface area contributed by atoms with Gasteiger partial charge in [-0.2, -0.15) is 0 Å². The number of hydrogen-bond acceptors (Lipinski definition) is 7. The zero-order chi connectivity index (χ0) is 22.5. The second-order valence-corrected chi connectivity index (χ2v) is 9.44. The van der Waals surface area contributed by atoms with E-state index in [-0.39, 0.29) is 5.91 Å². The van der Waals surface area contributed by atoms with Crippen LogP contribution in [0.1, 0.15) is 26.9 Å². The number of para-hydroxylation sites is 1. The van der Waals surface area contributed by atoms with Gasteiger partial charge in [-0.25, -0.2) is 4.98 Å². The van der Waals surface area contributed by atoms with Crippen molar-refractivity contribution < 1.29 is 9.53 Å². The Hall–Kier alpha value is -3.01. The van der Waals surface area contributed by atoms with Crippen molar-refractivity contribution in [1.82, 2.24) is 24.6 Å². The van der Waals surface area contributed by atoms with E-state index in [1.54, 1.807) is 16.7 Å². The quantitative estimate of drug-likeness (QED) is 0.374. The standard InChI is InChI=1S/C24H23N5O2S2/c30-23(28-11-13-31-14-12-28)20-16-32-22(25-20)17-33-24-27-26-21(15-18-7-3-1-4-8-18)29(24)19-9-5-2-6-10-19/h1-10,16H,11-15,17H2. The minimum absolute atomic E-state index is 0.0246. The van der Waals surface area contributed by atoms with Crippen molar-refractivity contribution in [3.8, 4) is 5.69 Å². The van der Waals surface area contributed by atoms with Crippen LogP contribution in [0.2, 0.25) is 0 Å². The average Bonchev–Trinajstić information content (AvgIpc) is 3.51. The van der Waals surface area contributed by atoms with Gasteiger partial charge in [-0.3, -0.25) is 9.36 Å². The molecule has 0 spiro atoms. The lowest BCUT2D eigenvalue weighted by molar-refractivity contribution is 0.0299. The number of thioether (sulfide) groups is 1. The second kappa shape index (κ2) is 10.3. The molecular weight excluding hydrogens is 454 g/mol. The molecule has 2 aromatic heterocycles. The van der Waals surface area contributed by atoms with Crippen LogP contribution in [-0.2, 0) is 16.9 Å². The molecule has 1 aliphatic rings. The molecule has 0 radical (unpaired) electrons. The molecule has 0 N–H and O–H groups in total. The summed E-state index contributed by atoms with van der Waals surface area (Å²) in [6, 6.07) is 20.4. The summed E-state index contributed by atoms with van der Waals surface area (Å²) in [6.45, 7) is 2.40. The molecule has 1 amide bonds. The van der Waals surface area contributed by atoms with Crippen LogP contribution in [0.4, 0.5) is 0 Å². The Morgan fingerprint density at radius 2 is 1.73 bits per heavy atom. The Morgan fingerprint density at radius 3 is 2.48 bits per heavy atom. The van der Waals surface area contributed by atoms with Gasteiger partial charge in [-0.15, -0.1) is 21.5 Å². The number of carbonyl (C=O) groups is 1. The average molecular weight is 478 g/mol. The summed E-state index contributed by atoms with van der Waals surface area (Å²) in [6.07, 6.45) is 0.693. The molecule has 3 heterocycles. The molecule has 0 saturated carbocycles. The Morgan fingerprint density at radius 1 is 1.00 bits per heavy atom. The molecule has 2 aromatic carbocycles. The lowest BCUT2D eigenvalue weighted by Gasteiger charge is -2.25. The number of thiazole rings is 1. The molecule has 168 valence electrons. The maximum Gasteiger partial charge on any atom is 0.273 e. The molecule has 1 aliphatic heterocycles. The van der Waals surface area contributed by atoms with E-state index < -0.39 is 0 Å². The third-order valence-corrected chi connectivity index (χ3v) is 7.29. The van der Waals surface area contributed by atoms with Crippen LogP contribution >= 0.6 is 23.1 Å². The molecular formula is C24H23N5O2S2. The normalized spacial score (nSPS) is 13.9. The molecule has 7 nitrogen and oxygen atoms in total. The first-order valence-corrected chi connectivity index (χ1v) is 12.6. The van der Waals surface area contributed by atoms with Crippen LogP contribution in [0, 0.1) is 0 Å². The molecule has 0 unspecified atom stereocenters. The van der Waals surface area contributed by atoms with E-state index in [9.17, 15) is 4.79 Å². The van der Waals surface area contributed by atoms with Crippen LogP contribution in [0.3, 0.4) is 0 Å². The Balaban J connectivity index is 1.33. The minimum Gasteiger partial charge on any atom is -0.378 e. The van der Waals surface area contributed by atoms with Gasteiger partial charge in [0.15, 0.2) is 5.16 Å². The van der Waals surface area contributed by atoms with Gasteiger partial charge in [0, 0.05) is 30.6 Å². The van der Waals surface area contributed by atoms with Crippen LogP contribution in [0.5, 0.6) is 0 Å². The van der Waals surface area contributed by atoms with E-state index in [1.165, 1.54) is 16.9 Å². The van der Waals surface area contributed by atoms with Crippen LogP contribution in [0.15, 0.2) is 71.2 Å². The third kappa shape index (κ3) is 5.16. The smallest absolute Gasteiger partial charge is 0.273 e. The van der Waals surface area contributed by atoms with Gasteiger partial charge in [0.05, 0.1) is 19.0 Å². The lowest BCUT2D eigenvalue weighted by Crippen LogP contribution is -2.40. The topological polar surface area (TPSA) is 73.1 Å². The fraction of sp³-hybridized carbons (Fsp3) is 0.250. The molecule has 0 aliphatic carbocycles. The van der Waals surface area contributed by atoms with Gasteiger partial charge >= 0.3 is 0 Å². The van der Waals surface area contributed by atoms with Gasteiger partial charge in [0.1, 0.15) is 16.5 Å². The van der Waals surface area contributed by atoms with Crippen molar-refractivity contribution >= 4 is 29.0 Å². The summed E-state index contributed by atoms with van der Waals surface area (Å²) in [4.78, 5) is 19.1. The Labute approximate surface area is 200 Å². The Kier molecular flexibility index (Phi) is 6.80. The van der Waals surface area contributed by atoms with Crippen molar-refractivity contribution in [1.29, 1.82) is 0 Å². The fourth-order valence-corrected chi connectivity index (χ4v) is 5.41. The number of rotatable bonds is 7. The highest BCUT2D eigenvalue weighted by Crippen LogP contribution is 2.27. The second-order valence-electron chi connectivity index (χ2n) is 7.55. The summed E-state index contributed by atoms with van der Waals surface area (Å²) in [5.41, 5.74) is 2.72. The summed E-state index contributed by atoms with van der Waals surface area (Å²) < 4.78 is 7.44. The van der Waals surface area contributed by atoms with E-state index in [0.717, 1.165) is 21.7 Å². The van der Waals surface area contributed by atoms with E-state index in [4.69, 9.17) is 4.74 Å². The van der Waals surface area contributed by atoms with Crippen molar-refractivity contribution in [2.45, 2.75) is 17.3 Å². The van der Waals surface area contributed by atoms with Gasteiger partial charge in [-0.05, 0) is 17.7 Å². The highest BCUT2D eigenvalue weighted by Gasteiger charge is 2.21. The number of morpholine rings is 1. The number of carbonyl (C=O) groups excluding carboxylic acids is 1. The molecule has 33 heavy (non-hydrogen) atoms. The van der Waals surface area contributed by atoms with Crippen LogP contribution in [-0.4, -0.2) is 56.9 Å². The molecule has 4 aromatic rings. The van der Waals surface area contributed by atoms with Gasteiger partial charge in [0.2, 0.25) is 0 Å². The molecule has 1 fully saturated rings. The van der Waals surface area contributed by atoms with E-state index in [0.29, 0.717) is 44.2 Å². The monoisotopic (exact) mass is 477 g/mol. The largest absolute Gasteiger partial charge is 0.378 e.